The molecule has 1 fully saturated rings. The molecule has 2 unspecified atom stereocenters. The molecule has 0 radical (unpaired) electrons. The minimum absolute atomic E-state index is 0.210. The van der Waals surface area contributed by atoms with Crippen LogP contribution in [0.4, 0.5) is 0 Å². The Morgan fingerprint density at radius 3 is 2.53 bits per heavy atom. The first-order valence-corrected chi connectivity index (χ1v) is 7.03. The smallest absolute Gasteiger partial charge is 0.232 e. The highest BCUT2D eigenvalue weighted by atomic mass is 16.2. The minimum Gasteiger partial charge on any atom is -0.339 e. The van der Waals surface area contributed by atoms with E-state index in [1.165, 1.54) is 0 Å². The molecule has 1 heterocycles. The van der Waals surface area contributed by atoms with E-state index in [1.54, 1.807) is 0 Å². The van der Waals surface area contributed by atoms with Crippen molar-refractivity contribution < 1.29 is 4.79 Å². The third kappa shape index (κ3) is 2.66. The lowest BCUT2D eigenvalue weighted by Crippen LogP contribution is -2.45. The van der Waals surface area contributed by atoms with Gasteiger partial charge in [-0.3, -0.25) is 4.79 Å². The van der Waals surface area contributed by atoms with Crippen LogP contribution >= 0.6 is 0 Å². The number of hydrogen-bond acceptors (Lipinski definition) is 2. The third-order valence-corrected chi connectivity index (χ3v) is 4.29. The molecule has 1 saturated heterocycles. The van der Waals surface area contributed by atoms with Crippen LogP contribution in [0.3, 0.4) is 0 Å². The van der Waals surface area contributed by atoms with Gasteiger partial charge in [0.05, 0.1) is 5.41 Å². The van der Waals surface area contributed by atoms with E-state index in [0.29, 0.717) is 18.5 Å². The molecule has 19 heavy (non-hydrogen) atoms. The van der Waals surface area contributed by atoms with Gasteiger partial charge in [0.25, 0.3) is 0 Å². The molecule has 3 heteroatoms. The highest BCUT2D eigenvalue weighted by Crippen LogP contribution is 2.31. The average molecular weight is 260 g/mol. The van der Waals surface area contributed by atoms with E-state index in [4.69, 9.17) is 5.73 Å². The fourth-order valence-corrected chi connectivity index (χ4v) is 2.93. The number of carbonyl (C=O) groups excluding carboxylic acids is 1. The number of likely N-dealkylation sites (tertiary alicyclic amines) is 1. The summed E-state index contributed by atoms with van der Waals surface area (Å²) in [6.45, 7) is 7.60. The standard InChI is InChI=1S/C16H24N2O/c1-12-9-13(10-17)11-18(12)15(19)16(2,3)14-7-5-4-6-8-14/h4-8,12-13H,9-11,17H2,1-3H3. The Morgan fingerprint density at radius 1 is 1.37 bits per heavy atom. The molecular formula is C16H24N2O. The summed E-state index contributed by atoms with van der Waals surface area (Å²) in [6, 6.07) is 10.3. The zero-order valence-corrected chi connectivity index (χ0v) is 12.1. The first kappa shape index (κ1) is 14.1. The van der Waals surface area contributed by atoms with E-state index in [-0.39, 0.29) is 5.91 Å². The van der Waals surface area contributed by atoms with Gasteiger partial charge in [-0.15, -0.1) is 0 Å². The number of rotatable bonds is 3. The van der Waals surface area contributed by atoms with Gasteiger partial charge in [0, 0.05) is 12.6 Å². The lowest BCUT2D eigenvalue weighted by molar-refractivity contribution is -0.136. The van der Waals surface area contributed by atoms with Crippen molar-refractivity contribution in [1.29, 1.82) is 0 Å². The molecule has 2 rings (SSSR count). The van der Waals surface area contributed by atoms with Crippen molar-refractivity contribution in [2.45, 2.75) is 38.6 Å². The Morgan fingerprint density at radius 2 is 2.00 bits per heavy atom. The molecule has 1 amide bonds. The Labute approximate surface area is 115 Å². The summed E-state index contributed by atoms with van der Waals surface area (Å²) in [6.07, 6.45) is 1.02. The highest BCUT2D eigenvalue weighted by molar-refractivity contribution is 5.87. The van der Waals surface area contributed by atoms with Crippen LogP contribution in [-0.2, 0) is 10.2 Å². The first-order valence-electron chi connectivity index (χ1n) is 7.03. The van der Waals surface area contributed by atoms with Crippen LogP contribution in [0, 0.1) is 5.92 Å². The van der Waals surface area contributed by atoms with Crippen molar-refractivity contribution in [3.8, 4) is 0 Å². The SMILES string of the molecule is CC1CC(CN)CN1C(=O)C(C)(C)c1ccccc1. The topological polar surface area (TPSA) is 46.3 Å². The Kier molecular flexibility index (Phi) is 3.95. The Hall–Kier alpha value is -1.35. The van der Waals surface area contributed by atoms with Gasteiger partial charge < -0.3 is 10.6 Å². The van der Waals surface area contributed by atoms with Crippen LogP contribution in [0.1, 0.15) is 32.8 Å². The zero-order chi connectivity index (χ0) is 14.0. The number of carbonyl (C=O) groups is 1. The van der Waals surface area contributed by atoms with Crippen LogP contribution in [-0.4, -0.2) is 29.9 Å². The molecule has 104 valence electrons. The van der Waals surface area contributed by atoms with Crippen molar-refractivity contribution in [1.82, 2.24) is 4.90 Å². The van der Waals surface area contributed by atoms with E-state index in [0.717, 1.165) is 18.5 Å². The molecule has 2 N–H and O–H groups in total. The number of nitrogens with two attached hydrogens (primary N) is 1. The molecule has 2 atom stereocenters. The van der Waals surface area contributed by atoms with Gasteiger partial charge in [-0.25, -0.2) is 0 Å². The van der Waals surface area contributed by atoms with Gasteiger partial charge in [-0.2, -0.15) is 0 Å². The molecular weight excluding hydrogens is 236 g/mol. The maximum Gasteiger partial charge on any atom is 0.232 e. The zero-order valence-electron chi connectivity index (χ0n) is 12.1. The van der Waals surface area contributed by atoms with E-state index in [1.807, 2.05) is 49.1 Å². The van der Waals surface area contributed by atoms with Crippen LogP contribution < -0.4 is 5.73 Å². The maximum absolute atomic E-state index is 12.8. The van der Waals surface area contributed by atoms with Crippen molar-refractivity contribution in [2.75, 3.05) is 13.1 Å². The number of hydrogen-bond donors (Lipinski definition) is 1. The van der Waals surface area contributed by atoms with E-state index in [2.05, 4.69) is 6.92 Å². The van der Waals surface area contributed by atoms with Crippen LogP contribution in [0.2, 0.25) is 0 Å². The van der Waals surface area contributed by atoms with Gasteiger partial charge in [0.15, 0.2) is 0 Å². The molecule has 0 aliphatic carbocycles. The minimum atomic E-state index is -0.473. The van der Waals surface area contributed by atoms with E-state index < -0.39 is 5.41 Å². The van der Waals surface area contributed by atoms with Crippen molar-refractivity contribution in [3.05, 3.63) is 35.9 Å². The second kappa shape index (κ2) is 5.33. The summed E-state index contributed by atoms with van der Waals surface area (Å²) in [4.78, 5) is 14.8. The van der Waals surface area contributed by atoms with Crippen molar-refractivity contribution in [3.63, 3.8) is 0 Å². The van der Waals surface area contributed by atoms with Gasteiger partial charge in [-0.05, 0) is 45.2 Å². The third-order valence-electron chi connectivity index (χ3n) is 4.29. The monoisotopic (exact) mass is 260 g/mol. The number of benzene rings is 1. The summed E-state index contributed by atoms with van der Waals surface area (Å²) < 4.78 is 0. The summed E-state index contributed by atoms with van der Waals surface area (Å²) in [7, 11) is 0. The summed E-state index contributed by atoms with van der Waals surface area (Å²) in [5, 5.41) is 0. The molecule has 1 aliphatic heterocycles. The second-order valence-corrected chi connectivity index (χ2v) is 6.13. The largest absolute Gasteiger partial charge is 0.339 e. The number of nitrogens with zero attached hydrogens (tertiary/aromatic N) is 1. The molecule has 0 bridgehead atoms. The molecule has 1 aromatic carbocycles. The number of amides is 1. The van der Waals surface area contributed by atoms with Crippen LogP contribution in [0.15, 0.2) is 30.3 Å². The molecule has 0 spiro atoms. The lowest BCUT2D eigenvalue weighted by Gasteiger charge is -2.32. The Balaban J connectivity index is 2.20. The fourth-order valence-electron chi connectivity index (χ4n) is 2.93. The predicted octanol–water partition coefficient (Wildman–Crippen LogP) is 2.16. The Bertz CT molecular complexity index is 441. The van der Waals surface area contributed by atoms with Gasteiger partial charge in [0.2, 0.25) is 5.91 Å². The molecule has 0 saturated carbocycles. The average Bonchev–Trinajstić information content (AvgIpc) is 2.80. The summed E-state index contributed by atoms with van der Waals surface area (Å²) in [5.74, 6) is 0.660. The molecule has 3 nitrogen and oxygen atoms in total. The normalized spacial score (nSPS) is 23.7. The predicted molar refractivity (Wildman–Crippen MR) is 77.8 cm³/mol. The van der Waals surface area contributed by atoms with Gasteiger partial charge >= 0.3 is 0 Å². The van der Waals surface area contributed by atoms with Crippen LogP contribution in [0.25, 0.3) is 0 Å². The van der Waals surface area contributed by atoms with Crippen LogP contribution in [0.5, 0.6) is 0 Å². The van der Waals surface area contributed by atoms with Gasteiger partial charge in [0.1, 0.15) is 0 Å². The quantitative estimate of drug-likeness (QED) is 0.905. The van der Waals surface area contributed by atoms with Crippen molar-refractivity contribution >= 4 is 5.91 Å². The maximum atomic E-state index is 12.8. The van der Waals surface area contributed by atoms with E-state index in [9.17, 15) is 4.79 Å². The summed E-state index contributed by atoms with van der Waals surface area (Å²) >= 11 is 0. The van der Waals surface area contributed by atoms with E-state index >= 15 is 0 Å². The second-order valence-electron chi connectivity index (χ2n) is 6.13. The lowest BCUT2D eigenvalue weighted by atomic mass is 9.83. The summed E-state index contributed by atoms with van der Waals surface area (Å²) in [5.41, 5.74) is 6.34. The van der Waals surface area contributed by atoms with Crippen molar-refractivity contribution in [2.24, 2.45) is 11.7 Å². The first-order chi connectivity index (χ1) is 8.96. The molecule has 0 aromatic heterocycles. The molecule has 1 aliphatic rings. The highest BCUT2D eigenvalue weighted by Gasteiger charge is 2.39. The van der Waals surface area contributed by atoms with Gasteiger partial charge in [-0.1, -0.05) is 30.3 Å². The molecule has 1 aromatic rings. The fraction of sp³-hybridized carbons (Fsp3) is 0.562.